The van der Waals surface area contributed by atoms with Gasteiger partial charge in [-0.2, -0.15) is 0 Å². The molecule has 0 spiro atoms. The lowest BCUT2D eigenvalue weighted by Crippen LogP contribution is -2.57. The van der Waals surface area contributed by atoms with Crippen LogP contribution in [0.25, 0.3) is 0 Å². The molecule has 0 aliphatic carbocycles. The third-order valence-electron chi connectivity index (χ3n) is 6.01. The van der Waals surface area contributed by atoms with Crippen LogP contribution in [-0.2, 0) is 10.2 Å². The fraction of sp³-hybridized carbons (Fsp3) is 0.611. The van der Waals surface area contributed by atoms with Crippen molar-refractivity contribution in [1.82, 2.24) is 4.90 Å². The van der Waals surface area contributed by atoms with Gasteiger partial charge in [0, 0.05) is 17.9 Å². The molecule has 4 nitrogen and oxygen atoms in total. The SMILES string of the molecule is CC1N=c2ccc(C34CCN(CC3)CC4C=O)cc2=NC1C. The molecule has 0 aromatic heterocycles. The van der Waals surface area contributed by atoms with E-state index in [0.29, 0.717) is 0 Å². The van der Waals surface area contributed by atoms with E-state index in [4.69, 9.17) is 9.98 Å². The first-order valence-corrected chi connectivity index (χ1v) is 8.36. The molecule has 22 heavy (non-hydrogen) atoms. The Kier molecular flexibility index (Phi) is 3.19. The molecule has 4 heterocycles. The molecule has 3 saturated heterocycles. The Morgan fingerprint density at radius 2 is 1.82 bits per heavy atom. The summed E-state index contributed by atoms with van der Waals surface area (Å²) in [5.41, 5.74) is 1.32. The number of nitrogens with zero attached hydrogens (tertiary/aromatic N) is 3. The van der Waals surface area contributed by atoms with E-state index in [1.807, 2.05) is 0 Å². The normalized spacial score (nSPS) is 39.5. The molecule has 1 aromatic rings. The van der Waals surface area contributed by atoms with E-state index in [2.05, 4.69) is 36.9 Å². The molecule has 5 rings (SSSR count). The van der Waals surface area contributed by atoms with Crippen molar-refractivity contribution in [1.29, 1.82) is 0 Å². The Bertz CT molecular complexity index is 718. The van der Waals surface area contributed by atoms with Gasteiger partial charge in [-0.25, -0.2) is 0 Å². The minimum Gasteiger partial charge on any atom is -0.303 e. The average molecular weight is 297 g/mol. The van der Waals surface area contributed by atoms with Crippen LogP contribution in [0.2, 0.25) is 0 Å². The zero-order valence-corrected chi connectivity index (χ0v) is 13.3. The van der Waals surface area contributed by atoms with E-state index in [0.717, 1.165) is 43.2 Å². The number of fused-ring (bicyclic) bond motifs is 4. The maximum absolute atomic E-state index is 11.6. The van der Waals surface area contributed by atoms with Crippen molar-refractivity contribution in [2.45, 2.75) is 44.2 Å². The Hall–Kier alpha value is -1.55. The molecular weight excluding hydrogens is 274 g/mol. The average Bonchev–Trinajstić information content (AvgIpc) is 2.56. The molecule has 4 aliphatic heterocycles. The van der Waals surface area contributed by atoms with E-state index in [1.54, 1.807) is 0 Å². The van der Waals surface area contributed by atoms with Gasteiger partial charge >= 0.3 is 0 Å². The van der Waals surface area contributed by atoms with Gasteiger partial charge in [0.25, 0.3) is 0 Å². The van der Waals surface area contributed by atoms with E-state index < -0.39 is 0 Å². The summed E-state index contributed by atoms with van der Waals surface area (Å²) in [5.74, 6) is 0.116. The molecule has 3 unspecified atom stereocenters. The molecule has 0 radical (unpaired) electrons. The van der Waals surface area contributed by atoms with Gasteiger partial charge in [-0.1, -0.05) is 6.07 Å². The van der Waals surface area contributed by atoms with E-state index in [1.165, 1.54) is 11.8 Å². The molecule has 0 saturated carbocycles. The first-order chi connectivity index (χ1) is 10.6. The Labute approximate surface area is 131 Å². The lowest BCUT2D eigenvalue weighted by atomic mass is 9.61. The number of carbonyl (C=O) groups excluding carboxylic acids is 1. The van der Waals surface area contributed by atoms with E-state index >= 15 is 0 Å². The first-order valence-electron chi connectivity index (χ1n) is 8.36. The largest absolute Gasteiger partial charge is 0.303 e. The van der Waals surface area contributed by atoms with Crippen molar-refractivity contribution in [3.05, 3.63) is 34.5 Å². The van der Waals surface area contributed by atoms with Crippen LogP contribution >= 0.6 is 0 Å². The van der Waals surface area contributed by atoms with Crippen LogP contribution in [-0.4, -0.2) is 42.9 Å². The molecule has 0 N–H and O–H groups in total. The zero-order chi connectivity index (χ0) is 15.3. The Morgan fingerprint density at radius 3 is 2.50 bits per heavy atom. The third kappa shape index (κ3) is 1.97. The van der Waals surface area contributed by atoms with Crippen molar-refractivity contribution in [2.75, 3.05) is 19.6 Å². The smallest absolute Gasteiger partial charge is 0.125 e. The molecule has 0 amide bonds. The van der Waals surface area contributed by atoms with E-state index in [-0.39, 0.29) is 23.4 Å². The van der Waals surface area contributed by atoms with Crippen LogP contribution < -0.4 is 10.7 Å². The topological polar surface area (TPSA) is 45.0 Å². The highest BCUT2D eigenvalue weighted by atomic mass is 16.1. The first kappa shape index (κ1) is 14.1. The van der Waals surface area contributed by atoms with Crippen molar-refractivity contribution in [3.8, 4) is 0 Å². The third-order valence-corrected chi connectivity index (χ3v) is 6.01. The van der Waals surface area contributed by atoms with Gasteiger partial charge in [0.15, 0.2) is 0 Å². The van der Waals surface area contributed by atoms with Crippen LogP contribution in [0.1, 0.15) is 32.3 Å². The molecule has 3 fully saturated rings. The van der Waals surface area contributed by atoms with Crippen LogP contribution in [0.4, 0.5) is 0 Å². The lowest BCUT2D eigenvalue weighted by molar-refractivity contribution is -0.118. The number of benzene rings is 1. The van der Waals surface area contributed by atoms with E-state index in [9.17, 15) is 4.79 Å². The summed E-state index contributed by atoms with van der Waals surface area (Å²) in [6, 6.07) is 6.98. The van der Waals surface area contributed by atoms with Gasteiger partial charge in [-0.05, 0) is 57.5 Å². The lowest BCUT2D eigenvalue weighted by Gasteiger charge is -2.52. The highest BCUT2D eigenvalue weighted by Crippen LogP contribution is 2.45. The summed E-state index contributed by atoms with van der Waals surface area (Å²) in [4.78, 5) is 23.6. The summed E-state index contributed by atoms with van der Waals surface area (Å²) in [5, 5.41) is 2.01. The number of hydrogen-bond donors (Lipinski definition) is 0. The quantitative estimate of drug-likeness (QED) is 0.761. The molecule has 3 atom stereocenters. The molecule has 2 bridgehead atoms. The Balaban J connectivity index is 1.83. The van der Waals surface area contributed by atoms with Gasteiger partial charge in [0.05, 0.1) is 22.8 Å². The monoisotopic (exact) mass is 297 g/mol. The molecular formula is C18H23N3O. The summed E-state index contributed by atoms with van der Waals surface area (Å²) < 4.78 is 0. The second-order valence-electron chi connectivity index (χ2n) is 7.14. The van der Waals surface area contributed by atoms with Crippen molar-refractivity contribution < 1.29 is 4.79 Å². The fourth-order valence-electron chi connectivity index (χ4n) is 4.33. The number of aldehydes is 1. The molecule has 4 aliphatic rings. The standard InChI is InChI=1S/C18H23N3O/c1-12-13(2)20-17-9-14(3-4-16(17)19-12)18-5-7-21(8-6-18)10-15(18)11-22/h3-4,9,11-13,15H,5-8,10H2,1-2H3. The second kappa shape index (κ2) is 4.98. The highest BCUT2D eigenvalue weighted by Gasteiger charge is 2.48. The van der Waals surface area contributed by atoms with Crippen molar-refractivity contribution >= 4 is 6.29 Å². The van der Waals surface area contributed by atoms with Gasteiger partial charge in [-0.3, -0.25) is 9.98 Å². The second-order valence-corrected chi connectivity index (χ2v) is 7.14. The summed E-state index contributed by atoms with van der Waals surface area (Å²) >= 11 is 0. The van der Waals surface area contributed by atoms with Crippen LogP contribution in [0.5, 0.6) is 0 Å². The summed E-state index contributed by atoms with van der Waals surface area (Å²) in [7, 11) is 0. The van der Waals surface area contributed by atoms with Gasteiger partial charge in [0.2, 0.25) is 0 Å². The predicted octanol–water partition coefficient (Wildman–Crippen LogP) is 0.879. The molecule has 1 aromatic carbocycles. The van der Waals surface area contributed by atoms with Crippen LogP contribution in [0, 0.1) is 5.92 Å². The highest BCUT2D eigenvalue weighted by molar-refractivity contribution is 5.59. The number of piperidine rings is 3. The van der Waals surface area contributed by atoms with Crippen LogP contribution in [0.15, 0.2) is 28.2 Å². The number of carbonyl (C=O) groups is 1. The summed E-state index contributed by atoms with van der Waals surface area (Å²) in [6.45, 7) is 7.36. The minimum absolute atomic E-state index is 0.0212. The fourth-order valence-corrected chi connectivity index (χ4v) is 4.33. The van der Waals surface area contributed by atoms with Crippen molar-refractivity contribution in [3.63, 3.8) is 0 Å². The predicted molar refractivity (Wildman–Crippen MR) is 84.6 cm³/mol. The molecule has 4 heteroatoms. The minimum atomic E-state index is 0.0212. The Morgan fingerprint density at radius 1 is 1.14 bits per heavy atom. The van der Waals surface area contributed by atoms with Gasteiger partial charge in [0.1, 0.15) is 6.29 Å². The maximum Gasteiger partial charge on any atom is 0.125 e. The van der Waals surface area contributed by atoms with Crippen LogP contribution in [0.3, 0.4) is 0 Å². The summed E-state index contributed by atoms with van der Waals surface area (Å²) in [6.07, 6.45) is 3.34. The number of hydrogen-bond acceptors (Lipinski definition) is 4. The van der Waals surface area contributed by atoms with Gasteiger partial charge in [-0.15, -0.1) is 0 Å². The molecule has 116 valence electrons. The maximum atomic E-state index is 11.6. The zero-order valence-electron chi connectivity index (χ0n) is 13.3. The number of rotatable bonds is 2. The van der Waals surface area contributed by atoms with Crippen molar-refractivity contribution in [2.24, 2.45) is 15.9 Å². The van der Waals surface area contributed by atoms with Gasteiger partial charge < -0.3 is 9.69 Å².